The fourth-order valence-corrected chi connectivity index (χ4v) is 4.64. The second-order valence-corrected chi connectivity index (χ2v) is 7.87. The second-order valence-electron chi connectivity index (χ2n) is 7.09. The number of carbonyl (C=O) groups excluding carboxylic acids is 1. The Kier molecular flexibility index (Phi) is 4.32. The normalized spacial score (nSPS) is 20.8. The van der Waals surface area contributed by atoms with E-state index in [1.54, 1.807) is 35.6 Å². The third-order valence-electron chi connectivity index (χ3n) is 5.58. The van der Waals surface area contributed by atoms with Crippen LogP contribution in [-0.4, -0.2) is 29.9 Å². The largest absolute Gasteiger partial charge is 0.331 e. The fraction of sp³-hybridized carbons (Fsp3) is 0.400. The van der Waals surface area contributed by atoms with Gasteiger partial charge in [0.25, 0.3) is 5.91 Å². The molecule has 1 atom stereocenters. The summed E-state index contributed by atoms with van der Waals surface area (Å²) >= 11 is 1.67. The standard InChI is InChI=1S/C20H21N3OS/c21-12-15-1-3-17(4-2-15)19(24)23(13-16-5-10-25-14-16)18-11-20(18)6-8-22-9-7-20/h1-5,10,14,18,22H,6-9,11,13H2/t18-/m0/s1. The van der Waals surface area contributed by atoms with Crippen molar-refractivity contribution in [3.05, 3.63) is 57.8 Å². The lowest BCUT2D eigenvalue weighted by Gasteiger charge is -2.29. The first kappa shape index (κ1) is 16.3. The molecule has 0 unspecified atom stereocenters. The van der Waals surface area contributed by atoms with Crippen LogP contribution in [0.5, 0.6) is 0 Å². The van der Waals surface area contributed by atoms with Crippen molar-refractivity contribution in [3.8, 4) is 6.07 Å². The topological polar surface area (TPSA) is 56.1 Å². The van der Waals surface area contributed by atoms with E-state index in [4.69, 9.17) is 5.26 Å². The van der Waals surface area contributed by atoms with Gasteiger partial charge < -0.3 is 10.2 Å². The van der Waals surface area contributed by atoms with Gasteiger partial charge in [0.15, 0.2) is 0 Å². The van der Waals surface area contributed by atoms with Crippen molar-refractivity contribution in [2.75, 3.05) is 13.1 Å². The third-order valence-corrected chi connectivity index (χ3v) is 6.31. The lowest BCUT2D eigenvalue weighted by Crippen LogP contribution is -2.39. The van der Waals surface area contributed by atoms with Gasteiger partial charge in [0.1, 0.15) is 0 Å². The van der Waals surface area contributed by atoms with E-state index in [9.17, 15) is 4.79 Å². The summed E-state index contributed by atoms with van der Waals surface area (Å²) in [5.41, 5.74) is 2.76. The molecule has 4 nitrogen and oxygen atoms in total. The van der Waals surface area contributed by atoms with Crippen molar-refractivity contribution in [2.24, 2.45) is 5.41 Å². The number of amides is 1. The number of hydrogen-bond donors (Lipinski definition) is 1. The summed E-state index contributed by atoms with van der Waals surface area (Å²) in [6.45, 7) is 2.77. The average molecular weight is 351 g/mol. The molecule has 25 heavy (non-hydrogen) atoms. The Morgan fingerprint density at radius 3 is 2.68 bits per heavy atom. The van der Waals surface area contributed by atoms with Crippen molar-refractivity contribution >= 4 is 17.2 Å². The van der Waals surface area contributed by atoms with Crippen LogP contribution in [0.1, 0.15) is 40.7 Å². The van der Waals surface area contributed by atoms with Crippen LogP contribution in [0.4, 0.5) is 0 Å². The number of hydrogen-bond acceptors (Lipinski definition) is 4. The minimum atomic E-state index is 0.0797. The first-order chi connectivity index (χ1) is 12.2. The van der Waals surface area contributed by atoms with Gasteiger partial charge in [-0.1, -0.05) is 0 Å². The van der Waals surface area contributed by atoms with Gasteiger partial charge in [-0.2, -0.15) is 16.6 Å². The highest BCUT2D eigenvalue weighted by Gasteiger charge is 2.57. The Bertz CT molecular complexity index is 785. The van der Waals surface area contributed by atoms with Gasteiger partial charge in [0.05, 0.1) is 11.6 Å². The van der Waals surface area contributed by atoms with Crippen molar-refractivity contribution in [1.82, 2.24) is 10.2 Å². The minimum absolute atomic E-state index is 0.0797. The van der Waals surface area contributed by atoms with Crippen LogP contribution in [0.2, 0.25) is 0 Å². The van der Waals surface area contributed by atoms with E-state index in [0.29, 0.717) is 29.1 Å². The molecule has 1 saturated heterocycles. The predicted octanol–water partition coefficient (Wildman–Crippen LogP) is 3.40. The first-order valence-electron chi connectivity index (χ1n) is 8.75. The van der Waals surface area contributed by atoms with Crippen LogP contribution >= 0.6 is 11.3 Å². The Hall–Kier alpha value is -2.16. The molecule has 1 aliphatic heterocycles. The highest BCUT2D eigenvalue weighted by atomic mass is 32.1. The first-order valence-corrected chi connectivity index (χ1v) is 9.69. The molecule has 4 rings (SSSR count). The molecule has 0 radical (unpaired) electrons. The fourth-order valence-electron chi connectivity index (χ4n) is 3.98. The van der Waals surface area contributed by atoms with E-state index < -0.39 is 0 Å². The van der Waals surface area contributed by atoms with Crippen molar-refractivity contribution in [2.45, 2.75) is 31.8 Å². The molecular weight excluding hydrogens is 330 g/mol. The molecule has 0 bridgehead atoms. The zero-order valence-corrected chi connectivity index (χ0v) is 14.9. The molecule has 2 heterocycles. The number of thiophene rings is 1. The molecule has 2 aliphatic rings. The SMILES string of the molecule is N#Cc1ccc(C(=O)N(Cc2ccsc2)[C@H]2CC23CCNCC3)cc1. The Balaban J connectivity index is 1.58. The van der Waals surface area contributed by atoms with Gasteiger partial charge in [-0.05, 0) is 84.4 Å². The summed E-state index contributed by atoms with van der Waals surface area (Å²) in [6, 6.07) is 11.5. The monoisotopic (exact) mass is 351 g/mol. The molecule has 1 N–H and O–H groups in total. The quantitative estimate of drug-likeness (QED) is 0.918. The van der Waals surface area contributed by atoms with Crippen LogP contribution in [0.15, 0.2) is 41.1 Å². The second kappa shape index (κ2) is 6.62. The summed E-state index contributed by atoms with van der Waals surface area (Å²) in [6.07, 6.45) is 3.41. The molecule has 128 valence electrons. The molecule has 1 saturated carbocycles. The number of nitrogens with one attached hydrogen (secondary N) is 1. The van der Waals surface area contributed by atoms with Crippen LogP contribution in [-0.2, 0) is 6.54 Å². The highest BCUT2D eigenvalue weighted by molar-refractivity contribution is 7.07. The molecule has 2 aromatic rings. The lowest BCUT2D eigenvalue weighted by atomic mass is 9.93. The molecular formula is C20H21N3OS. The van der Waals surface area contributed by atoms with E-state index in [-0.39, 0.29) is 5.91 Å². The van der Waals surface area contributed by atoms with Gasteiger partial charge >= 0.3 is 0 Å². The summed E-state index contributed by atoms with van der Waals surface area (Å²) in [7, 11) is 0. The van der Waals surface area contributed by atoms with E-state index in [0.717, 1.165) is 32.4 Å². The molecule has 1 aromatic carbocycles. The number of rotatable bonds is 4. The maximum Gasteiger partial charge on any atom is 0.254 e. The van der Waals surface area contributed by atoms with E-state index >= 15 is 0 Å². The molecule has 1 spiro atoms. The van der Waals surface area contributed by atoms with Crippen LogP contribution in [0, 0.1) is 16.7 Å². The maximum atomic E-state index is 13.2. The number of nitrogens with zero attached hydrogens (tertiary/aromatic N) is 2. The zero-order chi connectivity index (χ0) is 17.3. The summed E-state index contributed by atoms with van der Waals surface area (Å²) in [4.78, 5) is 15.3. The molecule has 5 heteroatoms. The number of piperidine rings is 1. The minimum Gasteiger partial charge on any atom is -0.331 e. The molecule has 1 amide bonds. The van der Waals surface area contributed by atoms with Gasteiger partial charge in [-0.3, -0.25) is 4.79 Å². The van der Waals surface area contributed by atoms with E-state index in [1.807, 2.05) is 0 Å². The van der Waals surface area contributed by atoms with Gasteiger partial charge in [-0.25, -0.2) is 0 Å². The summed E-state index contributed by atoms with van der Waals surface area (Å²) in [5.74, 6) is 0.0797. The van der Waals surface area contributed by atoms with Crippen LogP contribution < -0.4 is 5.32 Å². The van der Waals surface area contributed by atoms with Crippen molar-refractivity contribution in [3.63, 3.8) is 0 Å². The van der Waals surface area contributed by atoms with Gasteiger partial charge in [0.2, 0.25) is 0 Å². The summed E-state index contributed by atoms with van der Waals surface area (Å²) < 4.78 is 0. The highest BCUT2D eigenvalue weighted by Crippen LogP contribution is 2.56. The van der Waals surface area contributed by atoms with Crippen molar-refractivity contribution < 1.29 is 4.79 Å². The van der Waals surface area contributed by atoms with Crippen LogP contribution in [0.25, 0.3) is 0 Å². The van der Waals surface area contributed by atoms with E-state index in [2.05, 4.69) is 33.1 Å². The van der Waals surface area contributed by atoms with E-state index in [1.165, 1.54) is 5.56 Å². The zero-order valence-electron chi connectivity index (χ0n) is 14.1. The Morgan fingerprint density at radius 1 is 1.28 bits per heavy atom. The van der Waals surface area contributed by atoms with Crippen molar-refractivity contribution in [1.29, 1.82) is 5.26 Å². The number of nitriles is 1. The van der Waals surface area contributed by atoms with Gasteiger partial charge in [-0.15, -0.1) is 0 Å². The smallest absolute Gasteiger partial charge is 0.254 e. The molecule has 2 fully saturated rings. The predicted molar refractivity (Wildman–Crippen MR) is 98.3 cm³/mol. The van der Waals surface area contributed by atoms with Gasteiger partial charge in [0, 0.05) is 18.2 Å². The Morgan fingerprint density at radius 2 is 2.04 bits per heavy atom. The molecule has 1 aliphatic carbocycles. The Labute approximate surface area is 152 Å². The number of carbonyl (C=O) groups is 1. The number of benzene rings is 1. The third kappa shape index (κ3) is 3.20. The molecule has 1 aromatic heterocycles. The maximum absolute atomic E-state index is 13.2. The average Bonchev–Trinajstić information content (AvgIpc) is 3.08. The van der Waals surface area contributed by atoms with Crippen LogP contribution in [0.3, 0.4) is 0 Å². The summed E-state index contributed by atoms with van der Waals surface area (Å²) in [5, 5.41) is 16.6. The lowest BCUT2D eigenvalue weighted by molar-refractivity contribution is 0.0692.